The zero-order chi connectivity index (χ0) is 8.24. The van der Waals surface area contributed by atoms with Gasteiger partial charge in [-0.1, -0.05) is 6.92 Å². The minimum atomic E-state index is 0.319. The summed E-state index contributed by atoms with van der Waals surface area (Å²) >= 11 is 1.77. The van der Waals surface area contributed by atoms with Crippen LogP contribution in [-0.2, 0) is 0 Å². The molecular weight excluding hydrogens is 148 g/mol. The number of thioether (sulfide) groups is 1. The summed E-state index contributed by atoms with van der Waals surface area (Å²) in [7, 11) is 0. The van der Waals surface area contributed by atoms with E-state index in [1.54, 1.807) is 11.8 Å². The Morgan fingerprint density at radius 1 is 1.20 bits per heavy atom. The molecule has 2 nitrogen and oxygen atoms in total. The molecule has 0 aliphatic carbocycles. The quantitative estimate of drug-likeness (QED) is 0.615. The van der Waals surface area contributed by atoms with E-state index in [9.17, 15) is 0 Å². The van der Waals surface area contributed by atoms with E-state index in [1.165, 1.54) is 0 Å². The minimum absolute atomic E-state index is 0.319. The van der Waals surface area contributed by atoms with Gasteiger partial charge in [-0.05, 0) is 24.9 Å². The lowest BCUT2D eigenvalue weighted by Gasteiger charge is -1.86. The molecule has 0 rings (SSSR count). The summed E-state index contributed by atoms with van der Waals surface area (Å²) in [6.45, 7) is 2.58. The van der Waals surface area contributed by atoms with Gasteiger partial charge >= 0.3 is 0 Å². The predicted octanol–water partition coefficient (Wildman–Crippen LogP) is 1.12. The van der Waals surface area contributed by atoms with Crippen LogP contribution in [0.15, 0.2) is 0 Å². The van der Waals surface area contributed by atoms with Crippen molar-refractivity contribution < 1.29 is 10.2 Å². The van der Waals surface area contributed by atoms with Crippen molar-refractivity contribution in [3.05, 3.63) is 0 Å². The number of aliphatic hydroxyl groups excluding tert-OH is 2. The first-order valence-electron chi connectivity index (χ1n) is 3.54. The first kappa shape index (κ1) is 12.9. The van der Waals surface area contributed by atoms with Crippen LogP contribution in [-0.4, -0.2) is 35.4 Å². The van der Waals surface area contributed by atoms with Crippen LogP contribution in [0.25, 0.3) is 0 Å². The minimum Gasteiger partial charge on any atom is -0.396 e. The van der Waals surface area contributed by atoms with Crippen molar-refractivity contribution in [1.29, 1.82) is 0 Å². The Bertz CT molecular complexity index is 36.6. The van der Waals surface area contributed by atoms with E-state index in [2.05, 4.69) is 0 Å². The second-order valence-electron chi connectivity index (χ2n) is 1.79. The Labute approximate surface area is 67.6 Å². The Kier molecular flexibility index (Phi) is 20.8. The average Bonchev–Trinajstić information content (AvgIpc) is 2.01. The molecule has 0 aromatic rings. The zero-order valence-electron chi connectivity index (χ0n) is 6.84. The van der Waals surface area contributed by atoms with Gasteiger partial charge in [0, 0.05) is 13.2 Å². The van der Waals surface area contributed by atoms with Crippen molar-refractivity contribution >= 4 is 11.8 Å². The SMILES string of the molecule is CCCO.CSCCCO. The van der Waals surface area contributed by atoms with Crippen molar-refractivity contribution in [2.45, 2.75) is 19.8 Å². The van der Waals surface area contributed by atoms with Gasteiger partial charge < -0.3 is 10.2 Å². The van der Waals surface area contributed by atoms with Crippen LogP contribution in [0.3, 0.4) is 0 Å². The Balaban J connectivity index is 0. The molecule has 10 heavy (non-hydrogen) atoms. The van der Waals surface area contributed by atoms with Crippen LogP contribution < -0.4 is 0 Å². The molecule has 0 aliphatic rings. The van der Waals surface area contributed by atoms with Crippen LogP contribution >= 0.6 is 11.8 Å². The van der Waals surface area contributed by atoms with Gasteiger partial charge in [0.1, 0.15) is 0 Å². The van der Waals surface area contributed by atoms with Gasteiger partial charge in [0.15, 0.2) is 0 Å². The summed E-state index contributed by atoms with van der Waals surface area (Å²) in [5.41, 5.74) is 0. The lowest BCUT2D eigenvalue weighted by Crippen LogP contribution is -1.82. The standard InChI is InChI=1S/C4H10OS.C3H8O/c1-6-4-2-3-5;1-2-3-4/h5H,2-4H2,1H3;4H,2-3H2,1H3. The van der Waals surface area contributed by atoms with Crippen molar-refractivity contribution in [3.63, 3.8) is 0 Å². The first-order chi connectivity index (χ1) is 4.83. The molecule has 3 heteroatoms. The number of rotatable bonds is 4. The highest BCUT2D eigenvalue weighted by Gasteiger charge is 1.76. The highest BCUT2D eigenvalue weighted by Crippen LogP contribution is 1.92. The van der Waals surface area contributed by atoms with E-state index in [0.717, 1.165) is 18.6 Å². The molecule has 0 saturated carbocycles. The van der Waals surface area contributed by atoms with E-state index >= 15 is 0 Å². The summed E-state index contributed by atoms with van der Waals surface area (Å²) in [4.78, 5) is 0. The Morgan fingerprint density at radius 3 is 1.80 bits per heavy atom. The molecule has 64 valence electrons. The van der Waals surface area contributed by atoms with Gasteiger partial charge in [-0.15, -0.1) is 0 Å². The third-order valence-corrected chi connectivity index (χ3v) is 1.43. The fraction of sp³-hybridized carbons (Fsp3) is 1.00. The molecule has 2 N–H and O–H groups in total. The Morgan fingerprint density at radius 2 is 1.70 bits per heavy atom. The molecule has 0 spiro atoms. The van der Waals surface area contributed by atoms with Crippen LogP contribution in [0.2, 0.25) is 0 Å². The van der Waals surface area contributed by atoms with E-state index in [1.807, 2.05) is 13.2 Å². The monoisotopic (exact) mass is 166 g/mol. The first-order valence-corrected chi connectivity index (χ1v) is 4.93. The maximum absolute atomic E-state index is 8.18. The molecule has 0 radical (unpaired) electrons. The molecule has 0 bridgehead atoms. The normalized spacial score (nSPS) is 8.40. The van der Waals surface area contributed by atoms with E-state index < -0.39 is 0 Å². The molecule has 0 saturated heterocycles. The van der Waals surface area contributed by atoms with Crippen LogP contribution in [0.4, 0.5) is 0 Å². The summed E-state index contributed by atoms with van der Waals surface area (Å²) < 4.78 is 0. The topological polar surface area (TPSA) is 40.5 Å². The molecule has 0 heterocycles. The molecule has 0 aliphatic heterocycles. The number of hydrogen-bond acceptors (Lipinski definition) is 3. The predicted molar refractivity (Wildman–Crippen MR) is 47.5 cm³/mol. The third-order valence-electron chi connectivity index (χ3n) is 0.730. The lowest BCUT2D eigenvalue weighted by atomic mass is 10.5. The largest absolute Gasteiger partial charge is 0.396 e. The highest BCUT2D eigenvalue weighted by molar-refractivity contribution is 7.98. The molecule has 0 amide bonds. The van der Waals surface area contributed by atoms with Gasteiger partial charge in [0.05, 0.1) is 0 Å². The third kappa shape index (κ3) is 24.0. The van der Waals surface area contributed by atoms with Crippen molar-refractivity contribution in [2.75, 3.05) is 25.2 Å². The summed E-state index contributed by atoms with van der Waals surface area (Å²) in [5, 5.41) is 16.1. The van der Waals surface area contributed by atoms with E-state index in [0.29, 0.717) is 13.2 Å². The van der Waals surface area contributed by atoms with Crippen LogP contribution in [0.5, 0.6) is 0 Å². The second kappa shape index (κ2) is 16.1. The highest BCUT2D eigenvalue weighted by atomic mass is 32.2. The van der Waals surface area contributed by atoms with Crippen molar-refractivity contribution in [2.24, 2.45) is 0 Å². The van der Waals surface area contributed by atoms with Gasteiger partial charge in [0.2, 0.25) is 0 Å². The summed E-state index contributed by atoms with van der Waals surface area (Å²) in [6.07, 6.45) is 3.84. The smallest absolute Gasteiger partial charge is 0.0438 e. The Hall–Kier alpha value is 0.270. The van der Waals surface area contributed by atoms with Gasteiger partial charge in [-0.25, -0.2) is 0 Å². The van der Waals surface area contributed by atoms with Crippen LogP contribution in [0.1, 0.15) is 19.8 Å². The summed E-state index contributed by atoms with van der Waals surface area (Å²) in [5.74, 6) is 1.08. The molecular formula is C7H18O2S. The molecule has 0 unspecified atom stereocenters. The molecule has 0 fully saturated rings. The van der Waals surface area contributed by atoms with Gasteiger partial charge in [-0.2, -0.15) is 11.8 Å². The number of hydrogen-bond donors (Lipinski definition) is 2. The maximum Gasteiger partial charge on any atom is 0.0438 e. The average molecular weight is 166 g/mol. The fourth-order valence-electron chi connectivity index (χ4n) is 0.209. The van der Waals surface area contributed by atoms with Crippen LogP contribution in [0, 0.1) is 0 Å². The lowest BCUT2D eigenvalue weighted by molar-refractivity contribution is 0.295. The molecule has 0 aromatic carbocycles. The van der Waals surface area contributed by atoms with E-state index in [4.69, 9.17) is 10.2 Å². The number of aliphatic hydroxyl groups is 2. The second-order valence-corrected chi connectivity index (χ2v) is 2.78. The van der Waals surface area contributed by atoms with Crippen molar-refractivity contribution in [3.8, 4) is 0 Å². The van der Waals surface area contributed by atoms with E-state index in [-0.39, 0.29) is 0 Å². The molecule has 0 aromatic heterocycles. The van der Waals surface area contributed by atoms with Gasteiger partial charge in [0.25, 0.3) is 0 Å². The maximum atomic E-state index is 8.18. The molecule has 0 atom stereocenters. The zero-order valence-corrected chi connectivity index (χ0v) is 7.65. The fourth-order valence-corrected chi connectivity index (χ4v) is 0.627. The van der Waals surface area contributed by atoms with Crippen molar-refractivity contribution in [1.82, 2.24) is 0 Å². The summed E-state index contributed by atoms with van der Waals surface area (Å²) in [6, 6.07) is 0. The van der Waals surface area contributed by atoms with Gasteiger partial charge in [-0.3, -0.25) is 0 Å².